The van der Waals surface area contributed by atoms with Crippen molar-refractivity contribution in [2.75, 3.05) is 6.54 Å². The average molecular weight is 222 g/mol. The summed E-state index contributed by atoms with van der Waals surface area (Å²) in [5, 5.41) is 2.97. The molecule has 0 aliphatic heterocycles. The van der Waals surface area contributed by atoms with Crippen molar-refractivity contribution in [3.05, 3.63) is 18.2 Å². The molecule has 1 fully saturated rings. The van der Waals surface area contributed by atoms with Gasteiger partial charge in [-0.25, -0.2) is 4.98 Å². The summed E-state index contributed by atoms with van der Waals surface area (Å²) in [6, 6.07) is 0.443. The normalized spacial score (nSPS) is 15.1. The van der Waals surface area contributed by atoms with Gasteiger partial charge in [0.2, 0.25) is 5.91 Å². The first-order chi connectivity index (χ1) is 7.79. The van der Waals surface area contributed by atoms with E-state index in [2.05, 4.69) is 10.3 Å². The molecular formula is C11H18N4O. The number of nitrogens with one attached hydrogen (secondary N) is 1. The van der Waals surface area contributed by atoms with Crippen LogP contribution in [-0.2, 0) is 17.8 Å². The second kappa shape index (κ2) is 5.12. The van der Waals surface area contributed by atoms with Crippen LogP contribution in [0.15, 0.2) is 12.5 Å². The number of hydrogen-bond acceptors (Lipinski definition) is 3. The van der Waals surface area contributed by atoms with Crippen molar-refractivity contribution >= 4 is 5.91 Å². The summed E-state index contributed by atoms with van der Waals surface area (Å²) in [7, 11) is 0. The molecule has 1 amide bonds. The Bertz CT molecular complexity index is 357. The second-order valence-electron chi connectivity index (χ2n) is 4.21. The highest BCUT2D eigenvalue weighted by Crippen LogP contribution is 2.18. The Morgan fingerprint density at radius 1 is 1.62 bits per heavy atom. The Morgan fingerprint density at radius 2 is 2.44 bits per heavy atom. The maximum Gasteiger partial charge on any atom is 0.222 e. The van der Waals surface area contributed by atoms with Gasteiger partial charge in [0.25, 0.3) is 0 Å². The third-order valence-electron chi connectivity index (χ3n) is 2.72. The van der Waals surface area contributed by atoms with Crippen LogP contribution in [0.5, 0.6) is 0 Å². The Labute approximate surface area is 95.0 Å². The molecule has 0 radical (unpaired) electrons. The van der Waals surface area contributed by atoms with Crippen molar-refractivity contribution in [1.82, 2.24) is 14.9 Å². The quantitative estimate of drug-likeness (QED) is 0.714. The lowest BCUT2D eigenvalue weighted by atomic mass is 10.3. The molecule has 0 bridgehead atoms. The van der Waals surface area contributed by atoms with Gasteiger partial charge in [0, 0.05) is 37.3 Å². The van der Waals surface area contributed by atoms with Gasteiger partial charge in [-0.2, -0.15) is 0 Å². The van der Waals surface area contributed by atoms with Gasteiger partial charge in [0.05, 0.1) is 6.33 Å². The summed E-state index contributed by atoms with van der Waals surface area (Å²) < 4.78 is 2.00. The van der Waals surface area contributed by atoms with E-state index in [0.29, 0.717) is 25.6 Å². The number of carbonyl (C=O) groups is 1. The Balaban J connectivity index is 1.78. The number of nitrogens with zero attached hydrogens (tertiary/aromatic N) is 2. The molecule has 1 aliphatic rings. The molecule has 5 heteroatoms. The van der Waals surface area contributed by atoms with Gasteiger partial charge in [-0.3, -0.25) is 4.79 Å². The van der Waals surface area contributed by atoms with Crippen molar-refractivity contribution in [2.24, 2.45) is 5.73 Å². The van der Waals surface area contributed by atoms with E-state index >= 15 is 0 Å². The number of carbonyl (C=O) groups excluding carboxylic acids is 1. The molecule has 3 N–H and O–H groups in total. The lowest BCUT2D eigenvalue weighted by molar-refractivity contribution is -0.121. The lowest BCUT2D eigenvalue weighted by Crippen LogP contribution is -2.26. The number of hydrogen-bond donors (Lipinski definition) is 2. The van der Waals surface area contributed by atoms with Crippen LogP contribution in [0.2, 0.25) is 0 Å². The van der Waals surface area contributed by atoms with E-state index in [1.54, 1.807) is 6.33 Å². The predicted octanol–water partition coefficient (Wildman–Crippen LogP) is 0.0530. The fourth-order valence-corrected chi connectivity index (χ4v) is 1.66. The van der Waals surface area contributed by atoms with E-state index in [1.165, 1.54) is 0 Å². The van der Waals surface area contributed by atoms with Crippen LogP contribution < -0.4 is 11.1 Å². The minimum atomic E-state index is 0.134. The van der Waals surface area contributed by atoms with Gasteiger partial charge in [0.15, 0.2) is 0 Å². The summed E-state index contributed by atoms with van der Waals surface area (Å²) >= 11 is 0. The van der Waals surface area contributed by atoms with Crippen LogP contribution in [-0.4, -0.2) is 28.0 Å². The third kappa shape index (κ3) is 3.06. The summed E-state index contributed by atoms with van der Waals surface area (Å²) in [6.45, 7) is 1.30. The smallest absolute Gasteiger partial charge is 0.222 e. The molecule has 0 saturated heterocycles. The van der Waals surface area contributed by atoms with Crippen molar-refractivity contribution < 1.29 is 4.79 Å². The molecule has 2 rings (SSSR count). The highest BCUT2D eigenvalue weighted by Gasteiger charge is 2.22. The SMILES string of the molecule is NCCc1cncn1CCC(=O)NC1CC1. The number of aryl methyl sites for hydroxylation is 1. The minimum absolute atomic E-state index is 0.134. The number of amides is 1. The summed E-state index contributed by atoms with van der Waals surface area (Å²) in [5.41, 5.74) is 6.60. The first kappa shape index (κ1) is 11.1. The third-order valence-corrected chi connectivity index (χ3v) is 2.72. The zero-order valence-electron chi connectivity index (χ0n) is 9.35. The molecule has 1 aliphatic carbocycles. The molecule has 88 valence electrons. The predicted molar refractivity (Wildman–Crippen MR) is 60.8 cm³/mol. The van der Waals surface area contributed by atoms with Crippen molar-refractivity contribution in [3.63, 3.8) is 0 Å². The topological polar surface area (TPSA) is 72.9 Å². The summed E-state index contributed by atoms with van der Waals surface area (Å²) in [6.07, 6.45) is 7.17. The van der Waals surface area contributed by atoms with Gasteiger partial charge in [-0.15, -0.1) is 0 Å². The van der Waals surface area contributed by atoms with Crippen LogP contribution in [0.1, 0.15) is 25.0 Å². The zero-order valence-corrected chi connectivity index (χ0v) is 9.35. The maximum atomic E-state index is 11.5. The van der Waals surface area contributed by atoms with Gasteiger partial charge in [-0.1, -0.05) is 0 Å². The van der Waals surface area contributed by atoms with Gasteiger partial charge in [0.1, 0.15) is 0 Å². The molecule has 0 spiro atoms. The first-order valence-electron chi connectivity index (χ1n) is 5.78. The van der Waals surface area contributed by atoms with Gasteiger partial charge >= 0.3 is 0 Å². The first-order valence-corrected chi connectivity index (χ1v) is 5.78. The molecule has 5 nitrogen and oxygen atoms in total. The summed E-state index contributed by atoms with van der Waals surface area (Å²) in [5.74, 6) is 0.134. The highest BCUT2D eigenvalue weighted by atomic mass is 16.1. The van der Waals surface area contributed by atoms with Crippen molar-refractivity contribution in [3.8, 4) is 0 Å². The maximum absolute atomic E-state index is 11.5. The number of rotatable bonds is 6. The summed E-state index contributed by atoms with van der Waals surface area (Å²) in [4.78, 5) is 15.6. The van der Waals surface area contributed by atoms with E-state index in [0.717, 1.165) is 25.0 Å². The van der Waals surface area contributed by atoms with E-state index in [-0.39, 0.29) is 5.91 Å². The lowest BCUT2D eigenvalue weighted by Gasteiger charge is -2.07. The average Bonchev–Trinajstić information content (AvgIpc) is 2.95. The fraction of sp³-hybridized carbons (Fsp3) is 0.636. The number of imidazole rings is 1. The van der Waals surface area contributed by atoms with Crippen LogP contribution >= 0.6 is 0 Å². The van der Waals surface area contributed by atoms with Crippen molar-refractivity contribution in [1.29, 1.82) is 0 Å². The Kier molecular flexibility index (Phi) is 3.56. The van der Waals surface area contributed by atoms with Crippen LogP contribution in [0, 0.1) is 0 Å². The van der Waals surface area contributed by atoms with E-state index in [4.69, 9.17) is 5.73 Å². The van der Waals surface area contributed by atoms with E-state index in [1.807, 2.05) is 10.8 Å². The van der Waals surface area contributed by atoms with E-state index in [9.17, 15) is 4.79 Å². The fourth-order valence-electron chi connectivity index (χ4n) is 1.66. The monoisotopic (exact) mass is 222 g/mol. The molecule has 1 heterocycles. The molecule has 1 aromatic rings. The largest absolute Gasteiger partial charge is 0.353 e. The van der Waals surface area contributed by atoms with Gasteiger partial charge < -0.3 is 15.6 Å². The molecule has 0 unspecified atom stereocenters. The molecule has 16 heavy (non-hydrogen) atoms. The molecule has 0 atom stereocenters. The minimum Gasteiger partial charge on any atom is -0.353 e. The molecule has 1 saturated carbocycles. The number of aromatic nitrogens is 2. The van der Waals surface area contributed by atoms with Crippen LogP contribution in [0.25, 0.3) is 0 Å². The second-order valence-corrected chi connectivity index (χ2v) is 4.21. The molecule has 0 aromatic carbocycles. The molecule has 1 aromatic heterocycles. The standard InChI is InChI=1S/C11H18N4O/c12-5-3-10-7-13-8-15(10)6-4-11(16)14-9-1-2-9/h7-9H,1-6,12H2,(H,14,16). The van der Waals surface area contributed by atoms with Crippen molar-refractivity contribution in [2.45, 2.75) is 38.3 Å². The van der Waals surface area contributed by atoms with Gasteiger partial charge in [-0.05, 0) is 19.4 Å². The number of nitrogens with two attached hydrogens (primary N) is 1. The Morgan fingerprint density at radius 3 is 3.12 bits per heavy atom. The van der Waals surface area contributed by atoms with E-state index < -0.39 is 0 Å². The molecular weight excluding hydrogens is 204 g/mol. The zero-order chi connectivity index (χ0) is 11.4. The Hall–Kier alpha value is -1.36. The van der Waals surface area contributed by atoms with Crippen LogP contribution in [0.3, 0.4) is 0 Å². The van der Waals surface area contributed by atoms with Crippen LogP contribution in [0.4, 0.5) is 0 Å². The highest BCUT2D eigenvalue weighted by molar-refractivity contribution is 5.76.